The van der Waals surface area contributed by atoms with E-state index in [4.69, 9.17) is 14.0 Å². The van der Waals surface area contributed by atoms with E-state index in [-0.39, 0.29) is 18.4 Å². The minimum Gasteiger partial charge on any atom is -0.497 e. The first-order valence-corrected chi connectivity index (χ1v) is 8.66. The van der Waals surface area contributed by atoms with Gasteiger partial charge in [-0.25, -0.2) is 0 Å². The van der Waals surface area contributed by atoms with E-state index >= 15 is 0 Å². The van der Waals surface area contributed by atoms with Gasteiger partial charge in [-0.1, -0.05) is 41.6 Å². The summed E-state index contributed by atoms with van der Waals surface area (Å²) in [6.07, 6.45) is 0. The number of methoxy groups -OCH3 is 1. The Morgan fingerprint density at radius 1 is 1.15 bits per heavy atom. The van der Waals surface area contributed by atoms with Crippen LogP contribution in [0.25, 0.3) is 11.4 Å². The number of amides is 1. The Labute approximate surface area is 156 Å². The lowest BCUT2D eigenvalue weighted by Crippen LogP contribution is -2.50. The molecule has 1 aromatic heterocycles. The van der Waals surface area contributed by atoms with Crippen molar-refractivity contribution in [3.05, 3.63) is 60.5 Å². The smallest absolute Gasteiger partial charge is 0.260 e. The molecule has 1 fully saturated rings. The molecule has 0 spiro atoms. The van der Waals surface area contributed by atoms with Crippen LogP contribution in [0.2, 0.25) is 0 Å². The summed E-state index contributed by atoms with van der Waals surface area (Å²) >= 11 is 0. The fourth-order valence-corrected chi connectivity index (χ4v) is 2.87. The minimum atomic E-state index is -0.0723. The van der Waals surface area contributed by atoms with E-state index < -0.39 is 0 Å². The van der Waals surface area contributed by atoms with Gasteiger partial charge in [0.25, 0.3) is 5.91 Å². The van der Waals surface area contributed by atoms with Gasteiger partial charge >= 0.3 is 0 Å². The van der Waals surface area contributed by atoms with Gasteiger partial charge in [0.05, 0.1) is 13.0 Å². The summed E-state index contributed by atoms with van der Waals surface area (Å²) in [5.41, 5.74) is 0.909. The number of likely N-dealkylation sites (tertiary alicyclic amines) is 1. The fourth-order valence-electron chi connectivity index (χ4n) is 2.87. The molecular weight excluding hydrogens is 346 g/mol. The van der Waals surface area contributed by atoms with Gasteiger partial charge in [0.15, 0.2) is 6.61 Å². The predicted octanol–water partition coefficient (Wildman–Crippen LogP) is 2.75. The maximum absolute atomic E-state index is 12.3. The quantitative estimate of drug-likeness (QED) is 0.668. The molecule has 27 heavy (non-hydrogen) atoms. The molecule has 1 aliphatic heterocycles. The lowest BCUT2D eigenvalue weighted by Gasteiger charge is -2.36. The molecule has 1 amide bonds. The van der Waals surface area contributed by atoms with Crippen LogP contribution in [0, 0.1) is 0 Å². The first-order valence-electron chi connectivity index (χ1n) is 8.66. The average Bonchev–Trinajstić information content (AvgIpc) is 3.16. The van der Waals surface area contributed by atoms with Crippen LogP contribution in [0.4, 0.5) is 0 Å². The zero-order valence-electron chi connectivity index (χ0n) is 14.9. The Kier molecular flexibility index (Phi) is 4.74. The largest absolute Gasteiger partial charge is 0.497 e. The van der Waals surface area contributed by atoms with Crippen molar-refractivity contribution < 1.29 is 18.8 Å². The van der Waals surface area contributed by atoms with Crippen LogP contribution in [-0.2, 0) is 4.79 Å². The van der Waals surface area contributed by atoms with Gasteiger partial charge in [0.1, 0.15) is 11.5 Å². The van der Waals surface area contributed by atoms with Gasteiger partial charge in [-0.3, -0.25) is 4.79 Å². The molecule has 0 aliphatic carbocycles. The monoisotopic (exact) mass is 365 g/mol. The summed E-state index contributed by atoms with van der Waals surface area (Å²) < 4.78 is 16.0. The van der Waals surface area contributed by atoms with Crippen LogP contribution in [0.15, 0.2) is 59.1 Å². The summed E-state index contributed by atoms with van der Waals surface area (Å²) in [6.45, 7) is 1.09. The van der Waals surface area contributed by atoms with E-state index in [1.807, 2.05) is 42.5 Å². The lowest BCUT2D eigenvalue weighted by atomic mass is 10.0. The lowest BCUT2D eigenvalue weighted by molar-refractivity contribution is -0.138. The highest BCUT2D eigenvalue weighted by atomic mass is 16.5. The van der Waals surface area contributed by atoms with Gasteiger partial charge in [-0.2, -0.15) is 4.98 Å². The molecule has 2 heterocycles. The highest BCUT2D eigenvalue weighted by Gasteiger charge is 2.35. The van der Waals surface area contributed by atoms with Crippen molar-refractivity contribution >= 4 is 5.91 Å². The number of carbonyl (C=O) groups is 1. The first kappa shape index (κ1) is 17.1. The number of rotatable bonds is 6. The minimum absolute atomic E-state index is 0.0149. The molecule has 0 atom stereocenters. The second-order valence-electron chi connectivity index (χ2n) is 6.29. The third-order valence-electron chi connectivity index (χ3n) is 4.46. The van der Waals surface area contributed by atoms with Crippen molar-refractivity contribution in [3.8, 4) is 22.9 Å². The van der Waals surface area contributed by atoms with Crippen molar-refractivity contribution in [2.24, 2.45) is 0 Å². The van der Waals surface area contributed by atoms with Crippen LogP contribution in [0.1, 0.15) is 11.8 Å². The highest BCUT2D eigenvalue weighted by Crippen LogP contribution is 2.28. The van der Waals surface area contributed by atoms with Crippen LogP contribution in [0.3, 0.4) is 0 Å². The Morgan fingerprint density at radius 3 is 2.70 bits per heavy atom. The Hall–Kier alpha value is -3.35. The summed E-state index contributed by atoms with van der Waals surface area (Å²) in [7, 11) is 1.59. The predicted molar refractivity (Wildman–Crippen MR) is 97.5 cm³/mol. The zero-order chi connectivity index (χ0) is 18.6. The standard InChI is InChI=1S/C20H19N3O4/c1-25-16-8-5-9-17(10-16)26-13-18(24)23-11-15(12-23)20-21-19(22-27-20)14-6-3-2-4-7-14/h2-10,15H,11-13H2,1H3. The molecule has 0 saturated carbocycles. The number of hydrogen-bond acceptors (Lipinski definition) is 6. The Balaban J connectivity index is 1.29. The highest BCUT2D eigenvalue weighted by molar-refractivity contribution is 5.78. The fraction of sp³-hybridized carbons (Fsp3) is 0.250. The molecule has 3 aromatic rings. The van der Waals surface area contributed by atoms with Crippen molar-refractivity contribution in [3.63, 3.8) is 0 Å². The molecule has 0 unspecified atom stereocenters. The first-order chi connectivity index (χ1) is 13.2. The summed E-state index contributed by atoms with van der Waals surface area (Å²) in [5.74, 6) is 2.41. The van der Waals surface area contributed by atoms with E-state index in [1.165, 1.54) is 0 Å². The van der Waals surface area contributed by atoms with Crippen molar-refractivity contribution in [2.75, 3.05) is 26.8 Å². The van der Waals surface area contributed by atoms with Crippen molar-refractivity contribution in [1.29, 1.82) is 0 Å². The number of nitrogens with zero attached hydrogens (tertiary/aromatic N) is 3. The van der Waals surface area contributed by atoms with Crippen LogP contribution >= 0.6 is 0 Å². The molecule has 0 N–H and O–H groups in total. The summed E-state index contributed by atoms with van der Waals surface area (Å²) in [4.78, 5) is 18.4. The molecule has 138 valence electrons. The Morgan fingerprint density at radius 2 is 1.93 bits per heavy atom. The topological polar surface area (TPSA) is 77.7 Å². The van der Waals surface area contributed by atoms with Crippen LogP contribution < -0.4 is 9.47 Å². The van der Waals surface area contributed by atoms with Crippen molar-refractivity contribution in [1.82, 2.24) is 15.0 Å². The van der Waals surface area contributed by atoms with E-state index in [2.05, 4.69) is 10.1 Å². The van der Waals surface area contributed by atoms with E-state index in [9.17, 15) is 4.79 Å². The maximum Gasteiger partial charge on any atom is 0.260 e. The third-order valence-corrected chi connectivity index (χ3v) is 4.46. The van der Waals surface area contributed by atoms with Crippen LogP contribution in [0.5, 0.6) is 11.5 Å². The molecule has 4 rings (SSSR count). The number of benzene rings is 2. The number of ether oxygens (including phenoxy) is 2. The molecule has 0 radical (unpaired) electrons. The summed E-state index contributed by atoms with van der Waals surface area (Å²) in [6, 6.07) is 16.8. The normalized spacial score (nSPS) is 13.9. The van der Waals surface area contributed by atoms with Gasteiger partial charge in [-0.05, 0) is 12.1 Å². The van der Waals surface area contributed by atoms with Crippen molar-refractivity contribution in [2.45, 2.75) is 5.92 Å². The molecule has 1 aliphatic rings. The molecule has 7 nitrogen and oxygen atoms in total. The third kappa shape index (κ3) is 3.76. The van der Waals surface area contributed by atoms with E-state index in [0.717, 1.165) is 5.56 Å². The second kappa shape index (κ2) is 7.49. The maximum atomic E-state index is 12.3. The van der Waals surface area contributed by atoms with E-state index in [0.29, 0.717) is 36.3 Å². The zero-order valence-corrected chi connectivity index (χ0v) is 14.9. The molecule has 0 bridgehead atoms. The SMILES string of the molecule is COc1cccc(OCC(=O)N2CC(c3nc(-c4ccccc4)no3)C2)c1. The number of aromatic nitrogens is 2. The van der Waals surface area contributed by atoms with Gasteiger partial charge in [-0.15, -0.1) is 0 Å². The molecular formula is C20H19N3O4. The van der Waals surface area contributed by atoms with Gasteiger partial charge in [0.2, 0.25) is 11.7 Å². The summed E-state index contributed by atoms with van der Waals surface area (Å²) in [5, 5.41) is 4.03. The molecule has 2 aromatic carbocycles. The van der Waals surface area contributed by atoms with Gasteiger partial charge < -0.3 is 18.9 Å². The average molecular weight is 365 g/mol. The number of hydrogen-bond donors (Lipinski definition) is 0. The van der Waals surface area contributed by atoms with Gasteiger partial charge in [0, 0.05) is 24.7 Å². The molecule has 7 heteroatoms. The van der Waals surface area contributed by atoms with Crippen LogP contribution in [-0.4, -0.2) is 47.8 Å². The van der Waals surface area contributed by atoms with E-state index in [1.54, 1.807) is 24.1 Å². The number of carbonyl (C=O) groups excluding carboxylic acids is 1. The molecule has 1 saturated heterocycles. The second-order valence-corrected chi connectivity index (χ2v) is 6.29. The Bertz CT molecular complexity index is 920.